The summed E-state index contributed by atoms with van der Waals surface area (Å²) in [5, 5.41) is 3.01. The van der Waals surface area contributed by atoms with Gasteiger partial charge in [0.25, 0.3) is 0 Å². The van der Waals surface area contributed by atoms with Crippen LogP contribution >= 0.6 is 0 Å². The number of nitrogens with zero attached hydrogens (tertiary/aromatic N) is 3. The summed E-state index contributed by atoms with van der Waals surface area (Å²) < 4.78 is 17.0. The van der Waals surface area contributed by atoms with E-state index in [1.54, 1.807) is 14.2 Å². The molecule has 0 atom stereocenters. The first-order chi connectivity index (χ1) is 16.8. The van der Waals surface area contributed by atoms with E-state index in [9.17, 15) is 4.79 Å². The van der Waals surface area contributed by atoms with Crippen LogP contribution in [0.3, 0.4) is 0 Å². The Morgan fingerprint density at radius 2 is 1.57 bits per heavy atom. The normalized spacial score (nSPS) is 14.0. The molecule has 2 amide bonds. The highest BCUT2D eigenvalue weighted by Crippen LogP contribution is 2.31. The molecule has 0 aromatic heterocycles. The first kappa shape index (κ1) is 26.5. The van der Waals surface area contributed by atoms with Gasteiger partial charge in [0, 0.05) is 56.6 Å². The van der Waals surface area contributed by atoms with E-state index in [0.29, 0.717) is 49.0 Å². The average molecular weight is 485 g/mol. The SMILES string of the molecule is COc1ccc(NC(=O)N2CCN(c3ccccc3OC)CC2)cc1OCCN(C(C)C)C(C)C. The first-order valence-electron chi connectivity index (χ1n) is 12.3. The number of carbonyl (C=O) groups excluding carboxylic acids is 1. The van der Waals surface area contributed by atoms with Crippen LogP contribution in [-0.4, -0.2) is 81.5 Å². The summed E-state index contributed by atoms with van der Waals surface area (Å²) in [6.07, 6.45) is 0. The van der Waals surface area contributed by atoms with Crippen LogP contribution in [0.1, 0.15) is 27.7 Å². The van der Waals surface area contributed by atoms with Crippen molar-refractivity contribution in [3.63, 3.8) is 0 Å². The molecule has 1 fully saturated rings. The zero-order valence-corrected chi connectivity index (χ0v) is 21.9. The fourth-order valence-corrected chi connectivity index (χ4v) is 4.48. The van der Waals surface area contributed by atoms with Crippen LogP contribution < -0.4 is 24.4 Å². The molecule has 1 aliphatic rings. The lowest BCUT2D eigenvalue weighted by atomic mass is 10.2. The van der Waals surface area contributed by atoms with Crippen molar-refractivity contribution in [3.8, 4) is 17.2 Å². The second kappa shape index (κ2) is 12.5. The van der Waals surface area contributed by atoms with Crippen molar-refractivity contribution < 1.29 is 19.0 Å². The number of amides is 2. The van der Waals surface area contributed by atoms with Crippen LogP contribution in [0.4, 0.5) is 16.2 Å². The fourth-order valence-electron chi connectivity index (χ4n) is 4.48. The van der Waals surface area contributed by atoms with Gasteiger partial charge in [0.15, 0.2) is 11.5 Å². The molecule has 0 spiro atoms. The lowest BCUT2D eigenvalue weighted by Gasteiger charge is -2.36. The van der Waals surface area contributed by atoms with Crippen molar-refractivity contribution in [1.82, 2.24) is 9.80 Å². The second-order valence-electron chi connectivity index (χ2n) is 9.22. The van der Waals surface area contributed by atoms with Gasteiger partial charge in [0.1, 0.15) is 12.4 Å². The maximum absolute atomic E-state index is 12.9. The summed E-state index contributed by atoms with van der Waals surface area (Å²) in [7, 11) is 3.30. The molecule has 2 aromatic rings. The fraction of sp³-hybridized carbons (Fsp3) is 0.519. The predicted molar refractivity (Wildman–Crippen MR) is 141 cm³/mol. The number of urea groups is 1. The third-order valence-corrected chi connectivity index (χ3v) is 6.34. The van der Waals surface area contributed by atoms with Gasteiger partial charge in [0.05, 0.1) is 19.9 Å². The van der Waals surface area contributed by atoms with Gasteiger partial charge >= 0.3 is 6.03 Å². The molecule has 8 nitrogen and oxygen atoms in total. The maximum Gasteiger partial charge on any atom is 0.321 e. The van der Waals surface area contributed by atoms with Crippen molar-refractivity contribution >= 4 is 17.4 Å². The lowest BCUT2D eigenvalue weighted by molar-refractivity contribution is 0.140. The number of hydrogen-bond acceptors (Lipinski definition) is 6. The number of ether oxygens (including phenoxy) is 3. The van der Waals surface area contributed by atoms with Crippen LogP contribution in [0, 0.1) is 0 Å². The Morgan fingerprint density at radius 1 is 0.914 bits per heavy atom. The highest BCUT2D eigenvalue weighted by molar-refractivity contribution is 5.90. The summed E-state index contributed by atoms with van der Waals surface area (Å²) in [5.74, 6) is 2.12. The zero-order chi connectivity index (χ0) is 25.4. The van der Waals surface area contributed by atoms with E-state index in [-0.39, 0.29) is 6.03 Å². The minimum absolute atomic E-state index is 0.119. The van der Waals surface area contributed by atoms with E-state index < -0.39 is 0 Å². The quantitative estimate of drug-likeness (QED) is 0.534. The standard InChI is InChI=1S/C27H40N4O4/c1-20(2)31(21(3)4)17-18-35-26-19-22(11-12-25(26)34-6)28-27(32)30-15-13-29(14-16-30)23-9-7-8-10-24(23)33-5/h7-12,19-21H,13-18H2,1-6H3,(H,28,32). The molecule has 1 saturated heterocycles. The number of anilines is 2. The summed E-state index contributed by atoms with van der Waals surface area (Å²) in [6.45, 7) is 12.8. The van der Waals surface area contributed by atoms with Gasteiger partial charge in [-0.25, -0.2) is 4.79 Å². The molecule has 0 saturated carbocycles. The molecule has 1 heterocycles. The van der Waals surface area contributed by atoms with Crippen LogP contribution in [-0.2, 0) is 0 Å². The number of nitrogens with one attached hydrogen (secondary N) is 1. The van der Waals surface area contributed by atoms with E-state index >= 15 is 0 Å². The summed E-state index contributed by atoms with van der Waals surface area (Å²) >= 11 is 0. The second-order valence-corrected chi connectivity index (χ2v) is 9.22. The maximum atomic E-state index is 12.9. The Labute approximate surface area is 209 Å². The Morgan fingerprint density at radius 3 is 2.20 bits per heavy atom. The number of rotatable bonds is 10. The van der Waals surface area contributed by atoms with Gasteiger partial charge in [-0.05, 0) is 52.0 Å². The molecule has 0 aliphatic carbocycles. The van der Waals surface area contributed by atoms with E-state index in [4.69, 9.17) is 14.2 Å². The molecule has 0 unspecified atom stereocenters. The number of piperazine rings is 1. The highest BCUT2D eigenvalue weighted by Gasteiger charge is 2.23. The molecule has 0 radical (unpaired) electrons. The topological polar surface area (TPSA) is 66.5 Å². The third kappa shape index (κ3) is 6.94. The molecule has 192 valence electrons. The Hall–Kier alpha value is -3.13. The number of hydrogen-bond donors (Lipinski definition) is 1. The Kier molecular flexibility index (Phi) is 9.48. The number of para-hydroxylation sites is 2. The van der Waals surface area contributed by atoms with Gasteiger partial charge in [-0.3, -0.25) is 4.90 Å². The summed E-state index contributed by atoms with van der Waals surface area (Å²) in [6, 6.07) is 14.2. The smallest absolute Gasteiger partial charge is 0.321 e. The molecule has 8 heteroatoms. The van der Waals surface area contributed by atoms with Crippen molar-refractivity contribution in [1.29, 1.82) is 0 Å². The third-order valence-electron chi connectivity index (χ3n) is 6.34. The Balaban J connectivity index is 1.57. The van der Waals surface area contributed by atoms with Crippen molar-refractivity contribution in [2.75, 3.05) is 63.8 Å². The molecule has 0 bridgehead atoms. The Bertz CT molecular complexity index is 950. The zero-order valence-electron chi connectivity index (χ0n) is 21.9. The van der Waals surface area contributed by atoms with Crippen LogP contribution in [0.15, 0.2) is 42.5 Å². The van der Waals surface area contributed by atoms with Gasteiger partial charge < -0.3 is 29.3 Å². The first-order valence-corrected chi connectivity index (χ1v) is 12.3. The number of benzene rings is 2. The minimum Gasteiger partial charge on any atom is -0.495 e. The van der Waals surface area contributed by atoms with Gasteiger partial charge in [-0.15, -0.1) is 0 Å². The highest BCUT2D eigenvalue weighted by atomic mass is 16.5. The molecule has 3 rings (SSSR count). The molecule has 1 aliphatic heterocycles. The summed E-state index contributed by atoms with van der Waals surface area (Å²) in [4.78, 5) is 19.4. The van der Waals surface area contributed by atoms with Gasteiger partial charge in [-0.2, -0.15) is 0 Å². The van der Waals surface area contributed by atoms with Crippen LogP contribution in [0.5, 0.6) is 17.2 Å². The van der Waals surface area contributed by atoms with Crippen LogP contribution in [0.2, 0.25) is 0 Å². The van der Waals surface area contributed by atoms with Crippen molar-refractivity contribution in [2.24, 2.45) is 0 Å². The van der Waals surface area contributed by atoms with Crippen LogP contribution in [0.25, 0.3) is 0 Å². The lowest BCUT2D eigenvalue weighted by Crippen LogP contribution is -2.50. The largest absolute Gasteiger partial charge is 0.495 e. The van der Waals surface area contributed by atoms with Crippen molar-refractivity contribution in [2.45, 2.75) is 39.8 Å². The molecular formula is C27H40N4O4. The number of carbonyl (C=O) groups is 1. The van der Waals surface area contributed by atoms with Gasteiger partial charge in [-0.1, -0.05) is 12.1 Å². The average Bonchev–Trinajstić information content (AvgIpc) is 2.86. The van der Waals surface area contributed by atoms with Crippen molar-refractivity contribution in [3.05, 3.63) is 42.5 Å². The van der Waals surface area contributed by atoms with E-state index in [1.165, 1.54) is 0 Å². The molecule has 1 N–H and O–H groups in total. The molecule has 35 heavy (non-hydrogen) atoms. The summed E-state index contributed by atoms with van der Waals surface area (Å²) in [5.41, 5.74) is 1.74. The molecule has 2 aromatic carbocycles. The van der Waals surface area contributed by atoms with E-state index in [0.717, 1.165) is 31.1 Å². The monoisotopic (exact) mass is 484 g/mol. The van der Waals surface area contributed by atoms with Gasteiger partial charge in [0.2, 0.25) is 0 Å². The minimum atomic E-state index is -0.119. The number of methoxy groups -OCH3 is 2. The van der Waals surface area contributed by atoms with E-state index in [2.05, 4.69) is 48.9 Å². The predicted octanol–water partition coefficient (Wildman–Crippen LogP) is 4.56. The van der Waals surface area contributed by atoms with E-state index in [1.807, 2.05) is 41.3 Å². The molecular weight excluding hydrogens is 444 g/mol.